The van der Waals surface area contributed by atoms with Crippen LogP contribution in [-0.2, 0) is 13.0 Å². The molecule has 4 nitrogen and oxygen atoms in total. The van der Waals surface area contributed by atoms with Crippen LogP contribution in [-0.4, -0.2) is 35.3 Å². The van der Waals surface area contributed by atoms with Gasteiger partial charge in [-0.1, -0.05) is 37.3 Å². The molecule has 160 valence electrons. The number of aromatic nitrogens is 2. The minimum Gasteiger partial charge on any atom is -0.356 e. The second-order valence-corrected chi connectivity index (χ2v) is 9.05. The minimum atomic E-state index is -4.22. The smallest absolute Gasteiger partial charge is 0.356 e. The number of hydrogen-bond acceptors (Lipinski definition) is 5. The van der Waals surface area contributed by atoms with Gasteiger partial charge in [0.1, 0.15) is 17.0 Å². The van der Waals surface area contributed by atoms with E-state index in [-0.39, 0.29) is 4.88 Å². The Labute approximate surface area is 178 Å². The van der Waals surface area contributed by atoms with E-state index in [1.807, 2.05) is 18.2 Å². The third kappa shape index (κ3) is 5.10. The first-order valence-corrected chi connectivity index (χ1v) is 11.0. The van der Waals surface area contributed by atoms with Gasteiger partial charge in [-0.2, -0.15) is 13.2 Å². The Morgan fingerprint density at radius 3 is 2.67 bits per heavy atom. The molecule has 2 atom stereocenters. The predicted octanol–water partition coefficient (Wildman–Crippen LogP) is 5.19. The fraction of sp³-hybridized carbons (Fsp3) is 0.455. The number of rotatable bonds is 5. The van der Waals surface area contributed by atoms with Crippen molar-refractivity contribution in [2.75, 3.05) is 18.0 Å². The second-order valence-electron chi connectivity index (χ2n) is 7.94. The summed E-state index contributed by atoms with van der Waals surface area (Å²) >= 11 is 1.10. The molecule has 1 N–H and O–H groups in total. The van der Waals surface area contributed by atoms with Gasteiger partial charge in [0.15, 0.2) is 0 Å². The molecule has 3 aromatic rings. The molecule has 0 bridgehead atoms. The molecule has 2 aromatic heterocycles. The van der Waals surface area contributed by atoms with Crippen molar-refractivity contribution < 1.29 is 13.2 Å². The van der Waals surface area contributed by atoms with Gasteiger partial charge in [-0.25, -0.2) is 9.97 Å². The predicted molar refractivity (Wildman–Crippen MR) is 115 cm³/mol. The Kier molecular flexibility index (Phi) is 6.24. The Morgan fingerprint density at radius 2 is 1.90 bits per heavy atom. The second kappa shape index (κ2) is 8.89. The van der Waals surface area contributed by atoms with Crippen molar-refractivity contribution in [1.29, 1.82) is 0 Å². The molecule has 1 aliphatic rings. The maximum absolute atomic E-state index is 12.8. The van der Waals surface area contributed by atoms with E-state index in [0.717, 1.165) is 55.0 Å². The Hall–Kier alpha value is -2.19. The molecule has 0 spiro atoms. The zero-order valence-electron chi connectivity index (χ0n) is 16.8. The van der Waals surface area contributed by atoms with Gasteiger partial charge in [-0.15, -0.1) is 11.3 Å². The molecule has 0 aliphatic carbocycles. The number of nitrogens with one attached hydrogen (secondary N) is 1. The number of hydrogen-bond donors (Lipinski definition) is 1. The quantitative estimate of drug-likeness (QED) is 0.600. The van der Waals surface area contributed by atoms with Gasteiger partial charge in [0, 0.05) is 30.6 Å². The van der Waals surface area contributed by atoms with Crippen LogP contribution in [0.1, 0.15) is 30.2 Å². The Balaban J connectivity index is 1.47. The summed E-state index contributed by atoms with van der Waals surface area (Å²) in [7, 11) is 0. The topological polar surface area (TPSA) is 41.1 Å². The van der Waals surface area contributed by atoms with Gasteiger partial charge in [-0.05, 0) is 30.4 Å². The zero-order chi connectivity index (χ0) is 21.1. The molecule has 0 saturated carbocycles. The van der Waals surface area contributed by atoms with Crippen LogP contribution in [0.5, 0.6) is 0 Å². The van der Waals surface area contributed by atoms with Gasteiger partial charge in [0.2, 0.25) is 0 Å². The van der Waals surface area contributed by atoms with E-state index >= 15 is 0 Å². The van der Waals surface area contributed by atoms with Crippen LogP contribution in [0.15, 0.2) is 42.7 Å². The fourth-order valence-corrected chi connectivity index (χ4v) is 5.06. The van der Waals surface area contributed by atoms with Crippen molar-refractivity contribution in [2.45, 2.75) is 44.9 Å². The van der Waals surface area contributed by atoms with Gasteiger partial charge in [0.25, 0.3) is 0 Å². The number of nitrogens with zero attached hydrogens (tertiary/aromatic N) is 3. The van der Waals surface area contributed by atoms with Crippen LogP contribution in [0, 0.1) is 5.92 Å². The first-order valence-electron chi connectivity index (χ1n) is 10.2. The van der Waals surface area contributed by atoms with Crippen LogP contribution in [0.4, 0.5) is 19.0 Å². The molecule has 4 rings (SSSR count). The Morgan fingerprint density at radius 1 is 1.13 bits per heavy atom. The van der Waals surface area contributed by atoms with Crippen LogP contribution in [0.25, 0.3) is 10.2 Å². The van der Waals surface area contributed by atoms with Crippen LogP contribution in [0.2, 0.25) is 0 Å². The van der Waals surface area contributed by atoms with E-state index in [9.17, 15) is 13.2 Å². The molecule has 1 aromatic carbocycles. The van der Waals surface area contributed by atoms with Gasteiger partial charge >= 0.3 is 6.18 Å². The first-order chi connectivity index (χ1) is 14.4. The number of anilines is 1. The average molecular weight is 435 g/mol. The normalized spacial score (nSPS) is 20.5. The van der Waals surface area contributed by atoms with E-state index in [2.05, 4.69) is 39.2 Å². The highest BCUT2D eigenvalue weighted by atomic mass is 32.1. The van der Waals surface area contributed by atoms with E-state index in [1.165, 1.54) is 11.9 Å². The third-order valence-electron chi connectivity index (χ3n) is 5.70. The van der Waals surface area contributed by atoms with Gasteiger partial charge < -0.3 is 10.2 Å². The Bertz CT molecular complexity index is 973. The van der Waals surface area contributed by atoms with E-state index < -0.39 is 12.6 Å². The lowest BCUT2D eigenvalue weighted by Gasteiger charge is -2.23. The monoisotopic (exact) mass is 434 g/mol. The minimum absolute atomic E-state index is 0.282. The molecule has 2 unspecified atom stereocenters. The van der Waals surface area contributed by atoms with Crippen molar-refractivity contribution >= 4 is 27.4 Å². The standard InChI is InChI=1S/C22H25F3N4S/c1-15-7-9-29(10-8-19(15)26-13-16-5-3-2-4-6-16)20-18-11-17(12-22(23,24)25)30-21(18)28-14-27-20/h2-6,11,14-15,19,26H,7-10,12-13H2,1H3. The summed E-state index contributed by atoms with van der Waals surface area (Å²) < 4.78 is 38.4. The van der Waals surface area contributed by atoms with E-state index in [0.29, 0.717) is 16.8 Å². The lowest BCUT2D eigenvalue weighted by molar-refractivity contribution is -0.126. The summed E-state index contributed by atoms with van der Waals surface area (Å²) in [5, 5.41) is 4.41. The van der Waals surface area contributed by atoms with Gasteiger partial charge in [-0.3, -0.25) is 0 Å². The molecule has 30 heavy (non-hydrogen) atoms. The zero-order valence-corrected chi connectivity index (χ0v) is 17.6. The third-order valence-corrected chi connectivity index (χ3v) is 6.74. The molecule has 1 saturated heterocycles. The van der Waals surface area contributed by atoms with E-state index in [4.69, 9.17) is 0 Å². The average Bonchev–Trinajstić information content (AvgIpc) is 3.01. The molecule has 1 aliphatic heterocycles. The number of alkyl halides is 3. The van der Waals surface area contributed by atoms with Crippen LogP contribution >= 0.6 is 11.3 Å². The molecule has 8 heteroatoms. The summed E-state index contributed by atoms with van der Waals surface area (Å²) in [5.41, 5.74) is 1.26. The number of halogens is 3. The number of fused-ring (bicyclic) bond motifs is 1. The summed E-state index contributed by atoms with van der Waals surface area (Å²) in [6.07, 6.45) is -1.72. The first kappa shape index (κ1) is 21.1. The highest BCUT2D eigenvalue weighted by Gasteiger charge is 2.30. The van der Waals surface area contributed by atoms with Crippen molar-refractivity contribution in [3.63, 3.8) is 0 Å². The summed E-state index contributed by atoms with van der Waals surface area (Å²) in [6, 6.07) is 12.3. The summed E-state index contributed by atoms with van der Waals surface area (Å²) in [4.78, 5) is 11.8. The maximum Gasteiger partial charge on any atom is 0.393 e. The fourth-order valence-electron chi connectivity index (χ4n) is 4.04. The lowest BCUT2D eigenvalue weighted by Crippen LogP contribution is -2.35. The lowest BCUT2D eigenvalue weighted by atomic mass is 9.97. The summed E-state index contributed by atoms with van der Waals surface area (Å²) in [5.74, 6) is 1.25. The van der Waals surface area contributed by atoms with Gasteiger partial charge in [0.05, 0.1) is 11.8 Å². The largest absolute Gasteiger partial charge is 0.393 e. The molecular formula is C22H25F3N4S. The van der Waals surface area contributed by atoms with E-state index in [1.54, 1.807) is 6.07 Å². The van der Waals surface area contributed by atoms with Crippen molar-refractivity contribution in [3.8, 4) is 0 Å². The highest BCUT2D eigenvalue weighted by molar-refractivity contribution is 7.18. The van der Waals surface area contributed by atoms with Crippen molar-refractivity contribution in [1.82, 2.24) is 15.3 Å². The van der Waals surface area contributed by atoms with Crippen LogP contribution in [0.3, 0.4) is 0 Å². The maximum atomic E-state index is 12.8. The molecule has 3 heterocycles. The number of thiophene rings is 1. The van der Waals surface area contributed by atoms with Crippen LogP contribution < -0.4 is 10.2 Å². The molecular weight excluding hydrogens is 409 g/mol. The number of benzene rings is 1. The molecule has 0 radical (unpaired) electrons. The summed E-state index contributed by atoms with van der Waals surface area (Å²) in [6.45, 7) is 4.74. The molecule has 0 amide bonds. The highest BCUT2D eigenvalue weighted by Crippen LogP contribution is 2.34. The van der Waals surface area contributed by atoms with Crippen molar-refractivity contribution in [3.05, 3.63) is 53.2 Å². The SMILES string of the molecule is CC1CCN(c2ncnc3sc(CC(F)(F)F)cc23)CCC1NCc1ccccc1. The van der Waals surface area contributed by atoms with Crippen molar-refractivity contribution in [2.24, 2.45) is 5.92 Å². The molecule has 1 fully saturated rings.